The molecule has 3 heteroatoms. The van der Waals surface area contributed by atoms with Crippen LogP contribution < -0.4 is 0 Å². The number of hydrogen-bond acceptors (Lipinski definition) is 1. The van der Waals surface area contributed by atoms with Gasteiger partial charge in [0.1, 0.15) is 0 Å². The Kier molecular flexibility index (Phi) is 3.06. The van der Waals surface area contributed by atoms with Gasteiger partial charge in [0.2, 0.25) is 5.91 Å². The molecule has 0 saturated heterocycles. The maximum atomic E-state index is 12.4. The monoisotopic (exact) mass is 263 g/mol. The van der Waals surface area contributed by atoms with Crippen molar-refractivity contribution in [2.24, 2.45) is 5.92 Å². The van der Waals surface area contributed by atoms with Crippen molar-refractivity contribution in [1.82, 2.24) is 4.90 Å². The summed E-state index contributed by atoms with van der Waals surface area (Å²) in [6.45, 7) is 2.93. The van der Waals surface area contributed by atoms with Crippen LogP contribution in [0.5, 0.6) is 0 Å². The lowest BCUT2D eigenvalue weighted by molar-refractivity contribution is -0.133. The highest BCUT2D eigenvalue weighted by Crippen LogP contribution is 2.49. The minimum Gasteiger partial charge on any atom is -0.340 e. The lowest BCUT2D eigenvalue weighted by atomic mass is 10.1. The Morgan fingerprint density at radius 2 is 2.00 bits per heavy atom. The van der Waals surface area contributed by atoms with Crippen LogP contribution in [0, 0.1) is 5.92 Å². The number of nitrogens with zero attached hydrogens (tertiary/aromatic N) is 1. The van der Waals surface area contributed by atoms with Gasteiger partial charge in [0.25, 0.3) is 0 Å². The van der Waals surface area contributed by atoms with Crippen LogP contribution >= 0.6 is 11.6 Å². The Balaban J connectivity index is 1.66. The highest BCUT2D eigenvalue weighted by molar-refractivity contribution is 6.30. The van der Waals surface area contributed by atoms with Gasteiger partial charge >= 0.3 is 0 Å². The standard InChI is InChI=1S/C15H18ClNO/c1-2-17(12-7-8-12)15(18)14-9-13(14)10-3-5-11(16)6-4-10/h3-6,12-14H,2,7-9H2,1H3/t13-,14+/m0/s1. The van der Waals surface area contributed by atoms with Gasteiger partial charge in [0.05, 0.1) is 0 Å². The smallest absolute Gasteiger partial charge is 0.226 e. The van der Waals surface area contributed by atoms with E-state index in [-0.39, 0.29) is 5.92 Å². The number of amides is 1. The third kappa shape index (κ3) is 2.26. The second-order valence-electron chi connectivity index (χ2n) is 5.36. The van der Waals surface area contributed by atoms with Crippen LogP contribution in [-0.4, -0.2) is 23.4 Å². The summed E-state index contributed by atoms with van der Waals surface area (Å²) in [5, 5.41) is 0.760. The molecule has 3 rings (SSSR count). The molecule has 2 aliphatic rings. The van der Waals surface area contributed by atoms with Crippen LogP contribution in [0.2, 0.25) is 5.02 Å². The topological polar surface area (TPSA) is 20.3 Å². The van der Waals surface area contributed by atoms with E-state index in [1.165, 1.54) is 18.4 Å². The third-order valence-electron chi connectivity index (χ3n) is 4.02. The van der Waals surface area contributed by atoms with Crippen molar-refractivity contribution in [2.45, 2.75) is 38.1 Å². The second-order valence-corrected chi connectivity index (χ2v) is 5.79. The van der Waals surface area contributed by atoms with E-state index < -0.39 is 0 Å². The van der Waals surface area contributed by atoms with E-state index in [0.29, 0.717) is 17.9 Å². The highest BCUT2D eigenvalue weighted by atomic mass is 35.5. The zero-order chi connectivity index (χ0) is 12.7. The zero-order valence-electron chi connectivity index (χ0n) is 10.6. The van der Waals surface area contributed by atoms with Crippen molar-refractivity contribution in [3.8, 4) is 0 Å². The molecular formula is C15H18ClNO. The Morgan fingerprint density at radius 1 is 1.33 bits per heavy atom. The van der Waals surface area contributed by atoms with E-state index in [1.807, 2.05) is 24.3 Å². The molecular weight excluding hydrogens is 246 g/mol. The summed E-state index contributed by atoms with van der Waals surface area (Å²) >= 11 is 5.88. The first-order valence-corrected chi connectivity index (χ1v) is 7.14. The molecule has 2 atom stereocenters. The zero-order valence-corrected chi connectivity index (χ0v) is 11.4. The van der Waals surface area contributed by atoms with Gasteiger partial charge in [0.15, 0.2) is 0 Å². The van der Waals surface area contributed by atoms with Crippen LogP contribution in [0.1, 0.15) is 37.7 Å². The summed E-state index contributed by atoms with van der Waals surface area (Å²) < 4.78 is 0. The molecule has 1 amide bonds. The van der Waals surface area contributed by atoms with E-state index >= 15 is 0 Å². The van der Waals surface area contributed by atoms with E-state index in [4.69, 9.17) is 11.6 Å². The van der Waals surface area contributed by atoms with E-state index in [0.717, 1.165) is 18.0 Å². The lowest BCUT2D eigenvalue weighted by Gasteiger charge is -2.20. The number of halogens is 1. The molecule has 18 heavy (non-hydrogen) atoms. The molecule has 2 aliphatic carbocycles. The van der Waals surface area contributed by atoms with Crippen LogP contribution in [0.15, 0.2) is 24.3 Å². The molecule has 0 spiro atoms. The van der Waals surface area contributed by atoms with Crippen LogP contribution in [-0.2, 0) is 4.79 Å². The third-order valence-corrected chi connectivity index (χ3v) is 4.27. The van der Waals surface area contributed by atoms with Gasteiger partial charge in [-0.15, -0.1) is 0 Å². The first kappa shape index (κ1) is 12.0. The van der Waals surface area contributed by atoms with Crippen molar-refractivity contribution < 1.29 is 4.79 Å². The normalized spacial score (nSPS) is 25.9. The second kappa shape index (κ2) is 4.58. The fourth-order valence-electron chi connectivity index (χ4n) is 2.74. The fourth-order valence-corrected chi connectivity index (χ4v) is 2.87. The number of hydrogen-bond donors (Lipinski definition) is 0. The van der Waals surface area contributed by atoms with Crippen molar-refractivity contribution in [2.75, 3.05) is 6.54 Å². The van der Waals surface area contributed by atoms with Gasteiger partial charge < -0.3 is 4.90 Å². The number of carbonyl (C=O) groups excluding carboxylic acids is 1. The lowest BCUT2D eigenvalue weighted by Crippen LogP contribution is -2.34. The maximum Gasteiger partial charge on any atom is 0.226 e. The molecule has 1 aromatic rings. The summed E-state index contributed by atoms with van der Waals surface area (Å²) in [5.41, 5.74) is 1.25. The fraction of sp³-hybridized carbons (Fsp3) is 0.533. The molecule has 0 aliphatic heterocycles. The number of carbonyl (C=O) groups is 1. The molecule has 96 valence electrons. The quantitative estimate of drug-likeness (QED) is 0.815. The average molecular weight is 264 g/mol. The van der Waals surface area contributed by atoms with Crippen molar-refractivity contribution >= 4 is 17.5 Å². The predicted molar refractivity (Wildman–Crippen MR) is 72.7 cm³/mol. The van der Waals surface area contributed by atoms with Crippen molar-refractivity contribution in [3.05, 3.63) is 34.9 Å². The van der Waals surface area contributed by atoms with E-state index in [9.17, 15) is 4.79 Å². The molecule has 0 radical (unpaired) electrons. The van der Waals surface area contributed by atoms with Crippen molar-refractivity contribution in [3.63, 3.8) is 0 Å². The molecule has 2 saturated carbocycles. The largest absolute Gasteiger partial charge is 0.340 e. The molecule has 2 fully saturated rings. The highest BCUT2D eigenvalue weighted by Gasteiger charge is 2.47. The van der Waals surface area contributed by atoms with Gasteiger partial charge in [-0.2, -0.15) is 0 Å². The minimum absolute atomic E-state index is 0.215. The van der Waals surface area contributed by atoms with E-state index in [2.05, 4.69) is 11.8 Å². The Morgan fingerprint density at radius 3 is 2.56 bits per heavy atom. The Labute approximate surface area is 113 Å². The summed E-state index contributed by atoms with van der Waals surface area (Å²) in [6, 6.07) is 8.46. The summed E-state index contributed by atoms with van der Waals surface area (Å²) in [6.07, 6.45) is 3.39. The maximum absolute atomic E-state index is 12.4. The molecule has 0 heterocycles. The van der Waals surface area contributed by atoms with Gasteiger partial charge in [-0.3, -0.25) is 4.79 Å². The summed E-state index contributed by atoms with van der Waals surface area (Å²) in [5.74, 6) is 0.995. The number of rotatable bonds is 4. The molecule has 2 nitrogen and oxygen atoms in total. The van der Waals surface area contributed by atoms with Crippen LogP contribution in [0.3, 0.4) is 0 Å². The van der Waals surface area contributed by atoms with Crippen LogP contribution in [0.25, 0.3) is 0 Å². The van der Waals surface area contributed by atoms with Crippen molar-refractivity contribution in [1.29, 1.82) is 0 Å². The van der Waals surface area contributed by atoms with E-state index in [1.54, 1.807) is 0 Å². The molecule has 0 aromatic heterocycles. The first-order valence-electron chi connectivity index (χ1n) is 6.76. The van der Waals surface area contributed by atoms with Gasteiger partial charge in [-0.1, -0.05) is 23.7 Å². The first-order chi connectivity index (χ1) is 8.70. The minimum atomic E-state index is 0.215. The molecule has 0 unspecified atom stereocenters. The Bertz CT molecular complexity index is 452. The average Bonchev–Trinajstić information content (AvgIpc) is 3.24. The van der Waals surface area contributed by atoms with Gasteiger partial charge in [0, 0.05) is 23.5 Å². The predicted octanol–water partition coefficient (Wildman–Crippen LogP) is 3.45. The Hall–Kier alpha value is -1.02. The summed E-state index contributed by atoms with van der Waals surface area (Å²) in [7, 11) is 0. The molecule has 0 N–H and O–H groups in total. The van der Waals surface area contributed by atoms with Gasteiger partial charge in [-0.05, 0) is 49.8 Å². The summed E-state index contributed by atoms with van der Waals surface area (Å²) in [4.78, 5) is 14.4. The SMILES string of the molecule is CCN(C(=O)[C@@H]1C[C@H]1c1ccc(Cl)cc1)C1CC1. The number of benzene rings is 1. The van der Waals surface area contributed by atoms with Gasteiger partial charge in [-0.25, -0.2) is 0 Å². The van der Waals surface area contributed by atoms with Crippen LogP contribution in [0.4, 0.5) is 0 Å². The molecule has 0 bridgehead atoms. The molecule has 1 aromatic carbocycles.